The van der Waals surface area contributed by atoms with Gasteiger partial charge < -0.3 is 9.47 Å². The van der Waals surface area contributed by atoms with Crippen LogP contribution in [0.15, 0.2) is 53.0 Å². The summed E-state index contributed by atoms with van der Waals surface area (Å²) in [5.74, 6) is 0.780. The molecule has 7 heteroatoms. The minimum absolute atomic E-state index is 0.167. The second-order valence-corrected chi connectivity index (χ2v) is 6.81. The standard InChI is InChI=1S/C20H23BrN2O4/c1-26-17-10-6-15(7-11-17)4-2-3-5-19(24)22-23-20(25)14-27-18-12-8-16(21)9-13-18/h6-13H,2-5,14H2,1H3,(H,22,24)(H,23,25). The molecule has 0 aromatic heterocycles. The van der Waals surface area contributed by atoms with Gasteiger partial charge in [0.25, 0.3) is 5.91 Å². The van der Waals surface area contributed by atoms with Crippen molar-refractivity contribution in [3.05, 3.63) is 58.6 Å². The SMILES string of the molecule is COc1ccc(CCCCC(=O)NNC(=O)COc2ccc(Br)cc2)cc1. The Morgan fingerprint density at radius 3 is 2.19 bits per heavy atom. The number of carbonyl (C=O) groups is 2. The Bertz CT molecular complexity index is 733. The van der Waals surface area contributed by atoms with E-state index in [1.54, 1.807) is 19.2 Å². The van der Waals surface area contributed by atoms with Gasteiger partial charge in [0, 0.05) is 10.9 Å². The lowest BCUT2D eigenvalue weighted by atomic mass is 10.1. The Morgan fingerprint density at radius 2 is 1.52 bits per heavy atom. The monoisotopic (exact) mass is 434 g/mol. The first kappa shape index (κ1) is 20.8. The molecular weight excluding hydrogens is 412 g/mol. The highest BCUT2D eigenvalue weighted by molar-refractivity contribution is 9.10. The summed E-state index contributed by atoms with van der Waals surface area (Å²) in [6.07, 6.45) is 2.87. The number of halogens is 1. The molecule has 2 aromatic carbocycles. The van der Waals surface area contributed by atoms with Crippen LogP contribution in [0, 0.1) is 0 Å². The van der Waals surface area contributed by atoms with Gasteiger partial charge in [-0.3, -0.25) is 20.4 Å². The minimum atomic E-state index is -0.412. The van der Waals surface area contributed by atoms with Crippen LogP contribution >= 0.6 is 15.9 Å². The van der Waals surface area contributed by atoms with Crippen LogP contribution in [0.4, 0.5) is 0 Å². The highest BCUT2D eigenvalue weighted by atomic mass is 79.9. The molecule has 0 fully saturated rings. The van der Waals surface area contributed by atoms with E-state index in [2.05, 4.69) is 26.8 Å². The van der Waals surface area contributed by atoms with Gasteiger partial charge in [-0.15, -0.1) is 0 Å². The summed E-state index contributed by atoms with van der Waals surface area (Å²) in [4.78, 5) is 23.5. The zero-order chi connectivity index (χ0) is 19.5. The number of unbranched alkanes of at least 4 members (excludes halogenated alkanes) is 1. The summed E-state index contributed by atoms with van der Waals surface area (Å²) in [6.45, 7) is -0.167. The molecule has 0 saturated heterocycles. The van der Waals surface area contributed by atoms with Crippen LogP contribution in [-0.2, 0) is 16.0 Å². The Balaban J connectivity index is 1.55. The average molecular weight is 435 g/mol. The van der Waals surface area contributed by atoms with E-state index < -0.39 is 5.91 Å². The van der Waals surface area contributed by atoms with E-state index in [9.17, 15) is 9.59 Å². The highest BCUT2D eigenvalue weighted by Crippen LogP contribution is 2.16. The van der Waals surface area contributed by atoms with Crippen molar-refractivity contribution in [1.29, 1.82) is 0 Å². The highest BCUT2D eigenvalue weighted by Gasteiger charge is 2.06. The number of aryl methyl sites for hydroxylation is 1. The molecule has 2 aromatic rings. The Morgan fingerprint density at radius 1 is 0.889 bits per heavy atom. The maximum absolute atomic E-state index is 11.8. The fourth-order valence-corrected chi connectivity index (χ4v) is 2.59. The third kappa shape index (κ3) is 8.13. The van der Waals surface area contributed by atoms with E-state index in [1.807, 2.05) is 36.4 Å². The van der Waals surface area contributed by atoms with Crippen molar-refractivity contribution < 1.29 is 19.1 Å². The topological polar surface area (TPSA) is 76.7 Å². The Labute approximate surface area is 167 Å². The molecule has 27 heavy (non-hydrogen) atoms. The Hall–Kier alpha value is -2.54. The second kappa shape index (κ2) is 11.2. The molecule has 0 aliphatic rings. The second-order valence-electron chi connectivity index (χ2n) is 5.89. The van der Waals surface area contributed by atoms with E-state index in [0.29, 0.717) is 12.2 Å². The fraction of sp³-hybridized carbons (Fsp3) is 0.300. The van der Waals surface area contributed by atoms with Crippen molar-refractivity contribution in [1.82, 2.24) is 10.9 Å². The molecule has 2 amide bonds. The third-order valence-corrected chi connectivity index (χ3v) is 4.33. The lowest BCUT2D eigenvalue weighted by Gasteiger charge is -2.09. The molecule has 2 N–H and O–H groups in total. The van der Waals surface area contributed by atoms with Crippen LogP contribution in [0.2, 0.25) is 0 Å². The molecule has 0 spiro atoms. The Kier molecular flexibility index (Phi) is 8.64. The van der Waals surface area contributed by atoms with Crippen LogP contribution < -0.4 is 20.3 Å². The van der Waals surface area contributed by atoms with Crippen LogP contribution in [0.5, 0.6) is 11.5 Å². The van der Waals surface area contributed by atoms with E-state index in [1.165, 1.54) is 5.56 Å². The van der Waals surface area contributed by atoms with Crippen LogP contribution in [0.3, 0.4) is 0 Å². The number of carbonyl (C=O) groups excluding carboxylic acids is 2. The molecule has 0 bridgehead atoms. The largest absolute Gasteiger partial charge is 0.497 e. The van der Waals surface area contributed by atoms with Crippen molar-refractivity contribution in [3.8, 4) is 11.5 Å². The molecule has 0 radical (unpaired) electrons. The predicted octanol–water partition coefficient (Wildman–Crippen LogP) is 3.40. The summed E-state index contributed by atoms with van der Waals surface area (Å²) < 4.78 is 11.4. The molecule has 144 valence electrons. The maximum atomic E-state index is 11.8. The van der Waals surface area contributed by atoms with Crippen molar-refractivity contribution in [3.63, 3.8) is 0 Å². The lowest BCUT2D eigenvalue weighted by molar-refractivity contribution is -0.130. The van der Waals surface area contributed by atoms with Gasteiger partial charge >= 0.3 is 0 Å². The summed E-state index contributed by atoms with van der Waals surface area (Å²) in [6, 6.07) is 15.0. The quantitative estimate of drug-likeness (QED) is 0.468. The minimum Gasteiger partial charge on any atom is -0.497 e. The molecule has 6 nitrogen and oxygen atoms in total. The van der Waals surface area contributed by atoms with Crippen molar-refractivity contribution in [2.24, 2.45) is 0 Å². The summed E-state index contributed by atoms with van der Waals surface area (Å²) in [5, 5.41) is 0. The van der Waals surface area contributed by atoms with Gasteiger partial charge in [-0.2, -0.15) is 0 Å². The summed E-state index contributed by atoms with van der Waals surface area (Å²) >= 11 is 3.32. The number of methoxy groups -OCH3 is 1. The fourth-order valence-electron chi connectivity index (χ4n) is 2.32. The van der Waals surface area contributed by atoms with Crippen molar-refractivity contribution in [2.75, 3.05) is 13.7 Å². The van der Waals surface area contributed by atoms with Gasteiger partial charge in [-0.25, -0.2) is 0 Å². The molecule has 0 unspecified atom stereocenters. The third-order valence-electron chi connectivity index (χ3n) is 3.80. The van der Waals surface area contributed by atoms with Gasteiger partial charge in [-0.1, -0.05) is 28.1 Å². The van der Waals surface area contributed by atoms with Gasteiger partial charge in [0.2, 0.25) is 5.91 Å². The summed E-state index contributed by atoms with van der Waals surface area (Å²) in [7, 11) is 1.64. The maximum Gasteiger partial charge on any atom is 0.276 e. The smallest absolute Gasteiger partial charge is 0.276 e. The molecule has 0 atom stereocenters. The number of ether oxygens (including phenoxy) is 2. The number of amides is 2. The van der Waals surface area contributed by atoms with E-state index >= 15 is 0 Å². The molecule has 0 aliphatic heterocycles. The number of nitrogens with one attached hydrogen (secondary N) is 2. The van der Waals surface area contributed by atoms with Crippen molar-refractivity contribution >= 4 is 27.7 Å². The summed E-state index contributed by atoms with van der Waals surface area (Å²) in [5.41, 5.74) is 5.95. The molecule has 0 saturated carbocycles. The number of hydrazine groups is 1. The van der Waals surface area contributed by atoms with Crippen LogP contribution in [0.25, 0.3) is 0 Å². The first-order chi connectivity index (χ1) is 13.1. The first-order valence-corrected chi connectivity index (χ1v) is 9.45. The number of hydrogen-bond acceptors (Lipinski definition) is 4. The zero-order valence-corrected chi connectivity index (χ0v) is 16.8. The van der Waals surface area contributed by atoms with Crippen LogP contribution in [0.1, 0.15) is 24.8 Å². The van der Waals surface area contributed by atoms with E-state index in [0.717, 1.165) is 29.5 Å². The molecule has 0 aliphatic carbocycles. The predicted molar refractivity (Wildman–Crippen MR) is 106 cm³/mol. The zero-order valence-electron chi connectivity index (χ0n) is 15.2. The number of hydrogen-bond donors (Lipinski definition) is 2. The van der Waals surface area contributed by atoms with E-state index in [4.69, 9.17) is 9.47 Å². The molecule has 2 rings (SSSR count). The van der Waals surface area contributed by atoms with Crippen LogP contribution in [-0.4, -0.2) is 25.5 Å². The number of rotatable bonds is 9. The van der Waals surface area contributed by atoms with Gasteiger partial charge in [-0.05, 0) is 61.2 Å². The van der Waals surface area contributed by atoms with Gasteiger partial charge in [0.05, 0.1) is 7.11 Å². The van der Waals surface area contributed by atoms with Gasteiger partial charge in [0.15, 0.2) is 6.61 Å². The number of benzene rings is 2. The van der Waals surface area contributed by atoms with Crippen molar-refractivity contribution in [2.45, 2.75) is 25.7 Å². The average Bonchev–Trinajstić information content (AvgIpc) is 2.69. The molecule has 0 heterocycles. The van der Waals surface area contributed by atoms with E-state index in [-0.39, 0.29) is 12.5 Å². The first-order valence-electron chi connectivity index (χ1n) is 8.66. The van der Waals surface area contributed by atoms with Gasteiger partial charge in [0.1, 0.15) is 11.5 Å². The molecular formula is C20H23BrN2O4. The lowest BCUT2D eigenvalue weighted by Crippen LogP contribution is -2.43. The normalized spacial score (nSPS) is 10.1.